The molecule has 108 valence electrons. The first kappa shape index (κ1) is 13.6. The first-order chi connectivity index (χ1) is 9.74. The Kier molecular flexibility index (Phi) is 3.76. The first-order valence-corrected chi connectivity index (χ1v) is 7.45. The molecule has 1 aliphatic heterocycles. The highest BCUT2D eigenvalue weighted by Gasteiger charge is 2.37. The minimum absolute atomic E-state index is 0.0422. The number of carbonyl (C=O) groups is 1. The van der Waals surface area contributed by atoms with Crippen LogP contribution in [-0.4, -0.2) is 29.7 Å². The zero-order valence-electron chi connectivity index (χ0n) is 11.7. The fourth-order valence-electron chi connectivity index (χ4n) is 3.45. The Bertz CT molecular complexity index is 495. The molecule has 2 aliphatic rings. The minimum atomic E-state index is -0.385. The molecule has 1 saturated carbocycles. The Labute approximate surface area is 119 Å². The van der Waals surface area contributed by atoms with Crippen LogP contribution in [0.3, 0.4) is 0 Å². The van der Waals surface area contributed by atoms with Crippen LogP contribution < -0.4 is 10.6 Å². The molecule has 1 amide bonds. The van der Waals surface area contributed by atoms with Crippen molar-refractivity contribution in [3.8, 4) is 0 Å². The van der Waals surface area contributed by atoms with E-state index in [1.807, 2.05) is 18.2 Å². The molecule has 4 nitrogen and oxygen atoms in total. The SMILES string of the molecule is O=C(NC1(CO)CCCC1)C1CNCc2ccccc21. The summed E-state index contributed by atoms with van der Waals surface area (Å²) in [6, 6.07) is 8.11. The summed E-state index contributed by atoms with van der Waals surface area (Å²) in [6.45, 7) is 1.54. The van der Waals surface area contributed by atoms with E-state index in [1.54, 1.807) is 0 Å². The van der Waals surface area contributed by atoms with Crippen molar-refractivity contribution in [2.24, 2.45) is 0 Å². The number of fused-ring (bicyclic) bond motifs is 1. The molecule has 0 bridgehead atoms. The Morgan fingerprint density at radius 3 is 2.85 bits per heavy atom. The molecule has 1 aliphatic carbocycles. The highest BCUT2D eigenvalue weighted by atomic mass is 16.3. The lowest BCUT2D eigenvalue weighted by Gasteiger charge is -2.32. The number of rotatable bonds is 3. The van der Waals surface area contributed by atoms with Crippen molar-refractivity contribution in [1.29, 1.82) is 0 Å². The Morgan fingerprint density at radius 1 is 1.35 bits per heavy atom. The average molecular weight is 274 g/mol. The van der Waals surface area contributed by atoms with Gasteiger partial charge in [0.25, 0.3) is 0 Å². The van der Waals surface area contributed by atoms with E-state index in [-0.39, 0.29) is 24.0 Å². The van der Waals surface area contributed by atoms with Gasteiger partial charge in [0.05, 0.1) is 18.1 Å². The van der Waals surface area contributed by atoms with Crippen LogP contribution >= 0.6 is 0 Å². The van der Waals surface area contributed by atoms with Crippen LogP contribution in [0.4, 0.5) is 0 Å². The lowest BCUT2D eigenvalue weighted by Crippen LogP contribution is -2.52. The standard InChI is InChI=1S/C16H22N2O2/c19-11-16(7-3-4-8-16)18-15(20)14-10-17-9-12-5-1-2-6-13(12)14/h1-2,5-6,14,17,19H,3-4,7-11H2,(H,18,20). The summed E-state index contributed by atoms with van der Waals surface area (Å²) in [7, 11) is 0. The van der Waals surface area contributed by atoms with E-state index in [9.17, 15) is 9.90 Å². The number of aliphatic hydroxyl groups excluding tert-OH is 1. The summed E-state index contributed by atoms with van der Waals surface area (Å²) >= 11 is 0. The van der Waals surface area contributed by atoms with E-state index in [4.69, 9.17) is 0 Å². The van der Waals surface area contributed by atoms with Crippen LogP contribution in [0.25, 0.3) is 0 Å². The van der Waals surface area contributed by atoms with E-state index in [2.05, 4.69) is 16.7 Å². The van der Waals surface area contributed by atoms with Crippen molar-refractivity contribution < 1.29 is 9.90 Å². The third kappa shape index (κ3) is 2.45. The smallest absolute Gasteiger partial charge is 0.229 e. The summed E-state index contributed by atoms with van der Waals surface area (Å²) in [6.07, 6.45) is 3.94. The molecular formula is C16H22N2O2. The van der Waals surface area contributed by atoms with Gasteiger partial charge in [-0.15, -0.1) is 0 Å². The summed E-state index contributed by atoms with van der Waals surface area (Å²) in [4.78, 5) is 12.6. The minimum Gasteiger partial charge on any atom is -0.394 e. The fourth-order valence-corrected chi connectivity index (χ4v) is 3.45. The fraction of sp³-hybridized carbons (Fsp3) is 0.562. The lowest BCUT2D eigenvalue weighted by molar-refractivity contribution is -0.125. The van der Waals surface area contributed by atoms with Gasteiger partial charge in [-0.2, -0.15) is 0 Å². The van der Waals surface area contributed by atoms with E-state index in [1.165, 1.54) is 5.56 Å². The van der Waals surface area contributed by atoms with Crippen LogP contribution in [0.15, 0.2) is 24.3 Å². The highest BCUT2D eigenvalue weighted by Crippen LogP contribution is 2.31. The number of amides is 1. The van der Waals surface area contributed by atoms with Crippen molar-refractivity contribution >= 4 is 5.91 Å². The number of nitrogens with one attached hydrogen (secondary N) is 2. The number of hydrogen-bond acceptors (Lipinski definition) is 3. The van der Waals surface area contributed by atoms with Gasteiger partial charge in [-0.3, -0.25) is 4.79 Å². The van der Waals surface area contributed by atoms with E-state index >= 15 is 0 Å². The molecule has 4 heteroatoms. The number of hydrogen-bond donors (Lipinski definition) is 3. The van der Waals surface area contributed by atoms with Crippen LogP contribution in [-0.2, 0) is 11.3 Å². The summed E-state index contributed by atoms with van der Waals surface area (Å²) in [5.74, 6) is -0.107. The molecule has 1 heterocycles. The number of aliphatic hydroxyl groups is 1. The predicted octanol–water partition coefficient (Wildman–Crippen LogP) is 1.29. The van der Waals surface area contributed by atoms with Crippen molar-refractivity contribution in [3.05, 3.63) is 35.4 Å². The maximum Gasteiger partial charge on any atom is 0.229 e. The first-order valence-electron chi connectivity index (χ1n) is 7.45. The van der Waals surface area contributed by atoms with Crippen molar-refractivity contribution in [1.82, 2.24) is 10.6 Å². The maximum atomic E-state index is 12.6. The monoisotopic (exact) mass is 274 g/mol. The molecule has 1 aromatic carbocycles. The molecule has 0 radical (unpaired) electrons. The maximum absolute atomic E-state index is 12.6. The van der Waals surface area contributed by atoms with Gasteiger partial charge < -0.3 is 15.7 Å². The second-order valence-electron chi connectivity index (χ2n) is 6.02. The van der Waals surface area contributed by atoms with Crippen LogP contribution in [0.5, 0.6) is 0 Å². The third-order valence-electron chi connectivity index (χ3n) is 4.66. The summed E-state index contributed by atoms with van der Waals surface area (Å²) in [5.41, 5.74) is 1.93. The normalized spacial score (nSPS) is 24.1. The van der Waals surface area contributed by atoms with E-state index in [0.29, 0.717) is 6.54 Å². The number of benzene rings is 1. The van der Waals surface area contributed by atoms with Gasteiger partial charge in [-0.05, 0) is 24.0 Å². The van der Waals surface area contributed by atoms with Gasteiger partial charge in [0.2, 0.25) is 5.91 Å². The van der Waals surface area contributed by atoms with Crippen LogP contribution in [0.2, 0.25) is 0 Å². The molecule has 0 aromatic heterocycles. The van der Waals surface area contributed by atoms with Crippen molar-refractivity contribution in [3.63, 3.8) is 0 Å². The van der Waals surface area contributed by atoms with Crippen LogP contribution in [0.1, 0.15) is 42.7 Å². The molecule has 3 rings (SSSR count). The Morgan fingerprint density at radius 2 is 2.10 bits per heavy atom. The third-order valence-corrected chi connectivity index (χ3v) is 4.66. The summed E-state index contributed by atoms with van der Waals surface area (Å²) in [5, 5.41) is 16.1. The quantitative estimate of drug-likeness (QED) is 0.778. The van der Waals surface area contributed by atoms with E-state index < -0.39 is 0 Å². The lowest BCUT2D eigenvalue weighted by atomic mass is 9.88. The van der Waals surface area contributed by atoms with Crippen molar-refractivity contribution in [2.75, 3.05) is 13.2 Å². The van der Waals surface area contributed by atoms with E-state index in [0.717, 1.165) is 37.8 Å². The molecule has 0 spiro atoms. The topological polar surface area (TPSA) is 61.4 Å². The predicted molar refractivity (Wildman–Crippen MR) is 77.3 cm³/mol. The molecule has 1 fully saturated rings. The highest BCUT2D eigenvalue weighted by molar-refractivity contribution is 5.85. The van der Waals surface area contributed by atoms with Gasteiger partial charge in [0.15, 0.2) is 0 Å². The Hall–Kier alpha value is -1.39. The van der Waals surface area contributed by atoms with Gasteiger partial charge in [-0.25, -0.2) is 0 Å². The number of carbonyl (C=O) groups excluding carboxylic acids is 1. The van der Waals surface area contributed by atoms with Crippen LogP contribution in [0, 0.1) is 0 Å². The zero-order valence-corrected chi connectivity index (χ0v) is 11.7. The average Bonchev–Trinajstić information content (AvgIpc) is 2.95. The van der Waals surface area contributed by atoms with Crippen molar-refractivity contribution in [2.45, 2.75) is 43.7 Å². The van der Waals surface area contributed by atoms with Gasteiger partial charge in [0.1, 0.15) is 0 Å². The molecule has 1 aromatic rings. The van der Waals surface area contributed by atoms with Gasteiger partial charge in [0, 0.05) is 13.1 Å². The zero-order chi connectivity index (χ0) is 14.0. The Balaban J connectivity index is 1.78. The second-order valence-corrected chi connectivity index (χ2v) is 6.02. The second kappa shape index (κ2) is 5.54. The van der Waals surface area contributed by atoms with Gasteiger partial charge >= 0.3 is 0 Å². The molecule has 20 heavy (non-hydrogen) atoms. The van der Waals surface area contributed by atoms with Gasteiger partial charge in [-0.1, -0.05) is 37.1 Å². The molecule has 1 unspecified atom stereocenters. The molecular weight excluding hydrogens is 252 g/mol. The molecule has 1 atom stereocenters. The molecule has 0 saturated heterocycles. The molecule has 3 N–H and O–H groups in total. The summed E-state index contributed by atoms with van der Waals surface area (Å²) < 4.78 is 0. The largest absolute Gasteiger partial charge is 0.394 e.